The Morgan fingerprint density at radius 3 is 2.35 bits per heavy atom. The predicted octanol–water partition coefficient (Wildman–Crippen LogP) is 4.08. The van der Waals surface area contributed by atoms with Gasteiger partial charge in [0.1, 0.15) is 11.8 Å². The first-order valence-corrected chi connectivity index (χ1v) is 16.2. The minimum atomic E-state index is -4.58. The number of carbonyl (C=O) groups excluding carboxylic acids is 2. The standard InChI is InChI=1S/C31H33F3N4O7S/c1-30(2,20-10-7-11-21(15-20)31(32,33)34)38-18-26(45-29(38)42)23(14-19-8-5-4-6-9-19)35-27(39)24-16-22(28(40)41)25-17-36(46(3,43)44)12-13-37(24)25/h4-11,15-16,23,26H,12-14,17-18H2,1-3H3,(H,35,39)(H,40,41)/t23-,26+/m0/s1. The van der Waals surface area contributed by atoms with Gasteiger partial charge in [0.05, 0.1) is 42.1 Å². The number of amides is 2. The van der Waals surface area contributed by atoms with Crippen molar-refractivity contribution in [3.05, 3.63) is 94.3 Å². The lowest BCUT2D eigenvalue weighted by Crippen LogP contribution is -2.49. The van der Waals surface area contributed by atoms with Gasteiger partial charge in [-0.1, -0.05) is 42.5 Å². The maximum atomic E-state index is 13.8. The Hall–Kier alpha value is -4.37. The number of nitrogens with zero attached hydrogens (tertiary/aromatic N) is 3. The second kappa shape index (κ2) is 12.1. The van der Waals surface area contributed by atoms with Crippen LogP contribution in [0.25, 0.3) is 0 Å². The summed E-state index contributed by atoms with van der Waals surface area (Å²) in [5.74, 6) is -1.98. The van der Waals surface area contributed by atoms with Gasteiger partial charge in [0.15, 0.2) is 0 Å². The predicted molar refractivity (Wildman–Crippen MR) is 159 cm³/mol. The van der Waals surface area contributed by atoms with Gasteiger partial charge in [-0.2, -0.15) is 17.5 Å². The van der Waals surface area contributed by atoms with Crippen LogP contribution in [0, 0.1) is 0 Å². The highest BCUT2D eigenvalue weighted by molar-refractivity contribution is 7.88. The molecule has 2 amide bonds. The molecule has 3 heterocycles. The number of rotatable bonds is 9. The number of aromatic carboxylic acids is 1. The number of ether oxygens (including phenoxy) is 1. The van der Waals surface area contributed by atoms with Gasteiger partial charge < -0.3 is 19.7 Å². The summed E-state index contributed by atoms with van der Waals surface area (Å²) in [6.45, 7) is 3.01. The fourth-order valence-electron chi connectivity index (χ4n) is 5.90. The van der Waals surface area contributed by atoms with Crippen LogP contribution < -0.4 is 5.32 Å². The molecule has 2 aromatic carbocycles. The number of hydrogen-bond acceptors (Lipinski definition) is 6. The van der Waals surface area contributed by atoms with E-state index in [0.717, 1.165) is 28.3 Å². The highest BCUT2D eigenvalue weighted by atomic mass is 32.2. The summed E-state index contributed by atoms with van der Waals surface area (Å²) in [6.07, 6.45) is -5.03. The van der Waals surface area contributed by atoms with E-state index in [-0.39, 0.29) is 55.1 Å². The molecule has 0 spiro atoms. The number of fused-ring (bicyclic) bond motifs is 1. The molecule has 3 aromatic rings. The van der Waals surface area contributed by atoms with Crippen LogP contribution in [0.3, 0.4) is 0 Å². The fraction of sp³-hybridized carbons (Fsp3) is 0.387. The third-order valence-electron chi connectivity index (χ3n) is 8.51. The molecular formula is C31H33F3N4O7S. The maximum Gasteiger partial charge on any atom is 0.416 e. The number of nitrogens with one attached hydrogen (secondary N) is 1. The van der Waals surface area contributed by atoms with Crippen LogP contribution in [0.4, 0.5) is 18.0 Å². The van der Waals surface area contributed by atoms with Gasteiger partial charge >= 0.3 is 18.2 Å². The van der Waals surface area contributed by atoms with Gasteiger partial charge in [-0.05, 0) is 49.6 Å². The van der Waals surface area contributed by atoms with Crippen LogP contribution in [0.5, 0.6) is 0 Å². The number of carboxylic acid groups (broad SMARTS) is 1. The zero-order chi connectivity index (χ0) is 33.6. The van der Waals surface area contributed by atoms with Gasteiger partial charge in [0.2, 0.25) is 10.0 Å². The highest BCUT2D eigenvalue weighted by Gasteiger charge is 2.45. The van der Waals surface area contributed by atoms with E-state index in [1.807, 2.05) is 18.2 Å². The normalized spacial score (nSPS) is 18.2. The van der Waals surface area contributed by atoms with Crippen LogP contribution in [0.15, 0.2) is 60.7 Å². The first-order chi connectivity index (χ1) is 21.5. The van der Waals surface area contributed by atoms with E-state index in [4.69, 9.17) is 4.74 Å². The molecule has 11 nitrogen and oxygen atoms in total. The van der Waals surface area contributed by atoms with Crippen molar-refractivity contribution in [1.29, 1.82) is 0 Å². The first-order valence-electron chi connectivity index (χ1n) is 14.4. The summed E-state index contributed by atoms with van der Waals surface area (Å²) in [5.41, 5.74) is -1.07. The Bertz CT molecular complexity index is 1770. The molecule has 0 radical (unpaired) electrons. The number of halogens is 3. The SMILES string of the molecule is CC(C)(c1cccc(C(F)(F)F)c1)N1C[C@H]([C@H](Cc2ccccc2)NC(=O)c2cc(C(=O)O)c3n2CCN(S(C)(=O)=O)C3)OC1=O. The fourth-order valence-corrected chi connectivity index (χ4v) is 6.67. The van der Waals surface area contributed by atoms with Crippen molar-refractivity contribution in [2.75, 3.05) is 19.3 Å². The molecule has 2 atom stereocenters. The minimum Gasteiger partial charge on any atom is -0.478 e. The summed E-state index contributed by atoms with van der Waals surface area (Å²) >= 11 is 0. The lowest BCUT2D eigenvalue weighted by Gasteiger charge is -2.35. The first kappa shape index (κ1) is 33.0. The van der Waals surface area contributed by atoms with Crippen LogP contribution in [-0.4, -0.2) is 76.8 Å². The Labute approximate surface area is 263 Å². The van der Waals surface area contributed by atoms with Crippen molar-refractivity contribution in [3.63, 3.8) is 0 Å². The third kappa shape index (κ3) is 6.60. The largest absolute Gasteiger partial charge is 0.478 e. The number of carbonyl (C=O) groups is 3. The number of alkyl halides is 3. The third-order valence-corrected chi connectivity index (χ3v) is 9.76. The molecule has 246 valence electrons. The molecule has 15 heteroatoms. The molecule has 5 rings (SSSR count). The lowest BCUT2D eigenvalue weighted by molar-refractivity contribution is -0.137. The van der Waals surface area contributed by atoms with E-state index in [2.05, 4.69) is 5.32 Å². The summed E-state index contributed by atoms with van der Waals surface area (Å²) in [4.78, 5) is 40.4. The quantitative estimate of drug-likeness (QED) is 0.352. The van der Waals surface area contributed by atoms with Gasteiger partial charge in [-0.15, -0.1) is 0 Å². The number of aromatic nitrogens is 1. The molecule has 1 fully saturated rings. The van der Waals surface area contributed by atoms with Crippen LogP contribution >= 0.6 is 0 Å². The molecule has 46 heavy (non-hydrogen) atoms. The van der Waals surface area contributed by atoms with Gasteiger partial charge in [0, 0.05) is 18.8 Å². The smallest absolute Gasteiger partial charge is 0.416 e. The Morgan fingerprint density at radius 2 is 1.72 bits per heavy atom. The van der Waals surface area contributed by atoms with E-state index >= 15 is 0 Å². The van der Waals surface area contributed by atoms with Crippen molar-refractivity contribution in [1.82, 2.24) is 19.1 Å². The summed E-state index contributed by atoms with van der Waals surface area (Å²) in [5, 5.41) is 12.7. The monoisotopic (exact) mass is 662 g/mol. The molecule has 0 aliphatic carbocycles. The van der Waals surface area contributed by atoms with Gasteiger partial charge in [-0.25, -0.2) is 18.0 Å². The molecule has 1 aromatic heterocycles. The average molecular weight is 663 g/mol. The second-order valence-corrected chi connectivity index (χ2v) is 13.9. The summed E-state index contributed by atoms with van der Waals surface area (Å²) in [7, 11) is -3.62. The van der Waals surface area contributed by atoms with Crippen molar-refractivity contribution in [3.8, 4) is 0 Å². The molecule has 0 bridgehead atoms. The summed E-state index contributed by atoms with van der Waals surface area (Å²) < 4.78 is 73.0. The van der Waals surface area contributed by atoms with E-state index < -0.39 is 57.4 Å². The van der Waals surface area contributed by atoms with E-state index in [1.165, 1.54) is 27.7 Å². The molecule has 2 aliphatic rings. The van der Waals surface area contributed by atoms with E-state index in [9.17, 15) is 41.1 Å². The highest BCUT2D eigenvalue weighted by Crippen LogP contribution is 2.37. The van der Waals surface area contributed by atoms with E-state index in [0.29, 0.717) is 0 Å². The van der Waals surface area contributed by atoms with Crippen molar-refractivity contribution >= 4 is 28.0 Å². The average Bonchev–Trinajstić information content (AvgIpc) is 3.58. The van der Waals surface area contributed by atoms with Crippen LogP contribution in [-0.2, 0) is 46.0 Å². The van der Waals surface area contributed by atoms with Crippen molar-refractivity contribution in [2.24, 2.45) is 0 Å². The number of cyclic esters (lactones) is 1. The zero-order valence-electron chi connectivity index (χ0n) is 25.2. The van der Waals surface area contributed by atoms with Crippen molar-refractivity contribution in [2.45, 2.75) is 57.2 Å². The van der Waals surface area contributed by atoms with Crippen molar-refractivity contribution < 1.29 is 45.8 Å². The van der Waals surface area contributed by atoms with E-state index in [1.54, 1.807) is 26.0 Å². The zero-order valence-corrected chi connectivity index (χ0v) is 26.1. The van der Waals surface area contributed by atoms with Crippen LogP contribution in [0.1, 0.15) is 57.1 Å². The number of carboxylic acids is 1. The maximum absolute atomic E-state index is 13.8. The number of benzene rings is 2. The Morgan fingerprint density at radius 1 is 1.04 bits per heavy atom. The summed E-state index contributed by atoms with van der Waals surface area (Å²) in [6, 6.07) is 14.1. The van der Waals surface area contributed by atoms with Gasteiger partial charge in [-0.3, -0.25) is 9.69 Å². The van der Waals surface area contributed by atoms with Gasteiger partial charge in [0.25, 0.3) is 5.91 Å². The molecule has 0 saturated carbocycles. The number of hydrogen-bond donors (Lipinski definition) is 2. The Balaban J connectivity index is 1.44. The lowest BCUT2D eigenvalue weighted by atomic mass is 9.90. The minimum absolute atomic E-state index is 0.00378. The second-order valence-electron chi connectivity index (χ2n) is 11.9. The molecule has 1 saturated heterocycles. The van der Waals surface area contributed by atoms with Crippen LogP contribution in [0.2, 0.25) is 0 Å². The number of sulfonamides is 1. The molecular weight excluding hydrogens is 629 g/mol. The topological polar surface area (TPSA) is 138 Å². The molecule has 2 N–H and O–H groups in total. The Kier molecular flexibility index (Phi) is 8.68. The molecule has 0 unspecified atom stereocenters. The molecule has 2 aliphatic heterocycles.